The van der Waals surface area contributed by atoms with Crippen LogP contribution in [0.25, 0.3) is 21.7 Å². The van der Waals surface area contributed by atoms with E-state index in [4.69, 9.17) is 9.26 Å². The summed E-state index contributed by atoms with van der Waals surface area (Å²) in [5, 5.41) is 6.36. The molecule has 0 aliphatic heterocycles. The van der Waals surface area contributed by atoms with Gasteiger partial charge in [-0.25, -0.2) is 9.78 Å². The largest absolute Gasteiger partial charge is 0.452 e. The summed E-state index contributed by atoms with van der Waals surface area (Å²) >= 11 is 1.50. The molecule has 0 unspecified atom stereocenters. The fourth-order valence-corrected chi connectivity index (χ4v) is 4.12. The van der Waals surface area contributed by atoms with Gasteiger partial charge >= 0.3 is 5.97 Å². The Bertz CT molecular complexity index is 1230. The fourth-order valence-electron chi connectivity index (χ4n) is 3.43. The highest BCUT2D eigenvalue weighted by Crippen LogP contribution is 2.29. The number of rotatable bonds is 7. The number of hydrogen-bond donors (Lipinski definition) is 0. The number of carbonyl (C=O) groups is 2. The maximum absolute atomic E-state index is 13.0. The summed E-state index contributed by atoms with van der Waals surface area (Å²) in [7, 11) is 0. The van der Waals surface area contributed by atoms with Crippen LogP contribution in [-0.4, -0.2) is 39.6 Å². The van der Waals surface area contributed by atoms with E-state index in [2.05, 4.69) is 10.1 Å². The van der Waals surface area contributed by atoms with Gasteiger partial charge in [0.15, 0.2) is 6.61 Å². The van der Waals surface area contributed by atoms with Crippen molar-refractivity contribution in [2.75, 3.05) is 6.61 Å². The number of fused-ring (bicyclic) bond motifs is 1. The van der Waals surface area contributed by atoms with E-state index in [9.17, 15) is 9.59 Å². The van der Waals surface area contributed by atoms with E-state index in [1.54, 1.807) is 17.9 Å². The Morgan fingerprint density at radius 3 is 2.62 bits per heavy atom. The van der Waals surface area contributed by atoms with E-state index in [0.717, 1.165) is 10.4 Å². The second-order valence-electron chi connectivity index (χ2n) is 7.66. The van der Waals surface area contributed by atoms with E-state index >= 15 is 0 Å². The van der Waals surface area contributed by atoms with Gasteiger partial charge in [0.2, 0.25) is 0 Å². The molecular formula is C24H23N3O4S. The van der Waals surface area contributed by atoms with E-state index in [0.29, 0.717) is 23.3 Å². The van der Waals surface area contributed by atoms with Crippen molar-refractivity contribution < 1.29 is 18.8 Å². The van der Waals surface area contributed by atoms with Crippen LogP contribution in [0.3, 0.4) is 0 Å². The van der Waals surface area contributed by atoms with Gasteiger partial charge in [-0.05, 0) is 43.8 Å². The standard InChI is InChI=1S/C24H23N3O4S/c1-15(2)27(13-17-8-5-4-6-9-17)21(28)14-30-24(29)18-12-19(20-10-7-11-32-20)25-23-22(18)16(3)26-31-23/h4-12,15H,13-14H2,1-3H3. The zero-order chi connectivity index (χ0) is 22.7. The Kier molecular flexibility index (Phi) is 6.32. The lowest BCUT2D eigenvalue weighted by atomic mass is 10.1. The number of aryl methyl sites for hydroxylation is 1. The van der Waals surface area contributed by atoms with Gasteiger partial charge in [-0.15, -0.1) is 11.3 Å². The quantitative estimate of drug-likeness (QED) is 0.375. The van der Waals surface area contributed by atoms with Crippen molar-refractivity contribution in [2.24, 2.45) is 0 Å². The van der Waals surface area contributed by atoms with Crippen LogP contribution in [0.15, 0.2) is 58.4 Å². The molecule has 164 valence electrons. The van der Waals surface area contributed by atoms with Crippen molar-refractivity contribution in [1.29, 1.82) is 0 Å². The first-order valence-corrected chi connectivity index (χ1v) is 11.1. The van der Waals surface area contributed by atoms with Gasteiger partial charge in [-0.2, -0.15) is 0 Å². The first-order chi connectivity index (χ1) is 15.4. The molecule has 3 aromatic heterocycles. The van der Waals surface area contributed by atoms with Crippen molar-refractivity contribution in [3.8, 4) is 10.6 Å². The molecule has 4 aromatic rings. The average Bonchev–Trinajstić information content (AvgIpc) is 3.46. The normalized spacial score (nSPS) is 11.1. The topological polar surface area (TPSA) is 85.5 Å². The fraction of sp³-hybridized carbons (Fsp3) is 0.250. The monoisotopic (exact) mass is 449 g/mol. The predicted molar refractivity (Wildman–Crippen MR) is 122 cm³/mol. The van der Waals surface area contributed by atoms with Crippen LogP contribution in [0.1, 0.15) is 35.5 Å². The summed E-state index contributed by atoms with van der Waals surface area (Å²) in [6, 6.07) is 15.1. The molecule has 0 N–H and O–H groups in total. The molecule has 0 radical (unpaired) electrons. The maximum atomic E-state index is 13.0. The van der Waals surface area contributed by atoms with Crippen LogP contribution in [0, 0.1) is 6.92 Å². The SMILES string of the molecule is Cc1noc2nc(-c3cccs3)cc(C(=O)OCC(=O)N(Cc3ccccc3)C(C)C)c12. The number of carbonyl (C=O) groups excluding carboxylic acids is 2. The van der Waals surface area contributed by atoms with E-state index in [-0.39, 0.29) is 29.8 Å². The highest BCUT2D eigenvalue weighted by molar-refractivity contribution is 7.13. The predicted octanol–water partition coefficient (Wildman–Crippen LogP) is 4.85. The Morgan fingerprint density at radius 2 is 1.94 bits per heavy atom. The van der Waals surface area contributed by atoms with Crippen LogP contribution in [-0.2, 0) is 16.1 Å². The third kappa shape index (κ3) is 4.55. The Balaban J connectivity index is 1.54. The van der Waals surface area contributed by atoms with Gasteiger partial charge in [0, 0.05) is 12.6 Å². The van der Waals surface area contributed by atoms with Crippen molar-refractivity contribution in [1.82, 2.24) is 15.0 Å². The Morgan fingerprint density at radius 1 is 1.16 bits per heavy atom. The third-order valence-corrected chi connectivity index (χ3v) is 5.97. The number of aromatic nitrogens is 2. The van der Waals surface area contributed by atoms with E-state index in [1.165, 1.54) is 11.3 Å². The smallest absolute Gasteiger partial charge is 0.339 e. The number of thiophene rings is 1. The summed E-state index contributed by atoms with van der Waals surface area (Å²) in [6.45, 7) is 5.69. The molecular weight excluding hydrogens is 426 g/mol. The third-order valence-electron chi connectivity index (χ3n) is 5.08. The molecule has 8 heteroatoms. The number of amides is 1. The lowest BCUT2D eigenvalue weighted by Gasteiger charge is -2.26. The molecule has 1 amide bonds. The zero-order valence-electron chi connectivity index (χ0n) is 18.1. The van der Waals surface area contributed by atoms with Crippen molar-refractivity contribution in [3.05, 3.63) is 70.7 Å². The number of hydrogen-bond acceptors (Lipinski definition) is 7. The Labute approximate surface area is 189 Å². The van der Waals surface area contributed by atoms with Crippen molar-refractivity contribution in [2.45, 2.75) is 33.4 Å². The first kappa shape index (κ1) is 21.7. The van der Waals surface area contributed by atoms with E-state index in [1.807, 2.05) is 61.7 Å². The highest BCUT2D eigenvalue weighted by atomic mass is 32.1. The van der Waals surface area contributed by atoms with Crippen LogP contribution < -0.4 is 0 Å². The second-order valence-corrected chi connectivity index (χ2v) is 8.61. The molecule has 0 atom stereocenters. The molecule has 0 aliphatic carbocycles. The molecule has 32 heavy (non-hydrogen) atoms. The molecule has 0 saturated heterocycles. The highest BCUT2D eigenvalue weighted by Gasteiger charge is 2.23. The number of benzene rings is 1. The van der Waals surface area contributed by atoms with Gasteiger partial charge in [0.05, 0.1) is 27.2 Å². The molecule has 0 spiro atoms. The lowest BCUT2D eigenvalue weighted by molar-refractivity contribution is -0.136. The summed E-state index contributed by atoms with van der Waals surface area (Å²) in [6.07, 6.45) is 0. The summed E-state index contributed by atoms with van der Waals surface area (Å²) in [4.78, 5) is 32.9. The minimum absolute atomic E-state index is 0.0419. The van der Waals surface area contributed by atoms with Crippen LogP contribution >= 0.6 is 11.3 Å². The zero-order valence-corrected chi connectivity index (χ0v) is 18.9. The number of pyridine rings is 1. The molecule has 1 aromatic carbocycles. The molecule has 7 nitrogen and oxygen atoms in total. The lowest BCUT2D eigenvalue weighted by Crippen LogP contribution is -2.39. The van der Waals surface area contributed by atoms with Crippen molar-refractivity contribution >= 4 is 34.3 Å². The van der Waals surface area contributed by atoms with Gasteiger partial charge < -0.3 is 14.2 Å². The molecule has 0 fully saturated rings. The number of ether oxygens (including phenoxy) is 1. The van der Waals surface area contributed by atoms with Crippen LogP contribution in [0.2, 0.25) is 0 Å². The van der Waals surface area contributed by atoms with Gasteiger partial charge in [-0.3, -0.25) is 4.79 Å². The van der Waals surface area contributed by atoms with E-state index < -0.39 is 5.97 Å². The average molecular weight is 450 g/mol. The molecule has 0 bridgehead atoms. The summed E-state index contributed by atoms with van der Waals surface area (Å²) in [5.74, 6) is -0.874. The molecule has 4 rings (SSSR count). The molecule has 0 saturated carbocycles. The minimum Gasteiger partial charge on any atom is -0.452 e. The summed E-state index contributed by atoms with van der Waals surface area (Å²) < 4.78 is 10.7. The van der Waals surface area contributed by atoms with Crippen molar-refractivity contribution in [3.63, 3.8) is 0 Å². The first-order valence-electron chi connectivity index (χ1n) is 10.3. The maximum Gasteiger partial charge on any atom is 0.339 e. The van der Waals surface area contributed by atoms with Gasteiger partial charge in [0.1, 0.15) is 0 Å². The van der Waals surface area contributed by atoms with Gasteiger partial charge in [0.25, 0.3) is 11.6 Å². The minimum atomic E-state index is -0.613. The Hall–Kier alpha value is -3.52. The summed E-state index contributed by atoms with van der Waals surface area (Å²) in [5.41, 5.74) is 2.69. The van der Waals surface area contributed by atoms with Crippen LogP contribution in [0.4, 0.5) is 0 Å². The molecule has 0 aliphatic rings. The number of nitrogens with zero attached hydrogens (tertiary/aromatic N) is 3. The van der Waals surface area contributed by atoms with Crippen LogP contribution in [0.5, 0.6) is 0 Å². The number of esters is 1. The second kappa shape index (κ2) is 9.32. The van der Waals surface area contributed by atoms with Gasteiger partial charge in [-0.1, -0.05) is 41.6 Å². The molecule has 3 heterocycles.